The second kappa shape index (κ2) is 9.46. The van der Waals surface area contributed by atoms with E-state index in [4.69, 9.17) is 25.8 Å². The molecule has 1 amide bonds. The number of hydrogen-bond acceptors (Lipinski definition) is 5. The van der Waals surface area contributed by atoms with Crippen LogP contribution in [0.15, 0.2) is 18.2 Å². The van der Waals surface area contributed by atoms with Crippen LogP contribution in [0.3, 0.4) is 0 Å². The number of piperidine rings is 1. The Bertz CT molecular complexity index is 767. The molecular weight excluding hydrogens is 406 g/mol. The maximum absolute atomic E-state index is 12.7. The van der Waals surface area contributed by atoms with Crippen molar-refractivity contribution in [3.63, 3.8) is 0 Å². The maximum atomic E-state index is 12.7. The molecule has 0 aromatic heterocycles. The van der Waals surface area contributed by atoms with Crippen molar-refractivity contribution in [2.45, 2.75) is 90.0 Å². The molecule has 2 fully saturated rings. The largest absolute Gasteiger partial charge is 0.489 e. The standard InChI is InChI=1S/C23H32ClNO5/c1-5-23(3,4)30-22(27)25-16-8-9-17(25)14-18(13-16)29-20-10-7-15(11-19(20)24)12-21(26)28-6-2/h7,10-11,16-18H,5-6,8-9,12-14H2,1-4H3/t16-,17?,18?/m0/s1. The number of halogens is 1. The zero-order valence-corrected chi connectivity index (χ0v) is 19.0. The topological polar surface area (TPSA) is 65.1 Å². The summed E-state index contributed by atoms with van der Waals surface area (Å²) in [6.45, 7) is 8.04. The van der Waals surface area contributed by atoms with Crippen LogP contribution in [0.1, 0.15) is 65.4 Å². The lowest BCUT2D eigenvalue weighted by atomic mass is 10.00. The van der Waals surface area contributed by atoms with Gasteiger partial charge in [-0.2, -0.15) is 0 Å². The van der Waals surface area contributed by atoms with Gasteiger partial charge in [-0.05, 0) is 57.7 Å². The van der Waals surface area contributed by atoms with E-state index in [0.717, 1.165) is 37.7 Å². The van der Waals surface area contributed by atoms with Crippen LogP contribution in [0.2, 0.25) is 5.02 Å². The number of ether oxygens (including phenoxy) is 3. The summed E-state index contributed by atoms with van der Waals surface area (Å²) in [4.78, 5) is 26.3. The molecule has 166 valence electrons. The van der Waals surface area contributed by atoms with Gasteiger partial charge in [0, 0.05) is 24.9 Å². The number of fused-ring (bicyclic) bond motifs is 2. The highest BCUT2D eigenvalue weighted by molar-refractivity contribution is 6.32. The highest BCUT2D eigenvalue weighted by Gasteiger charge is 2.45. The minimum atomic E-state index is -0.456. The molecule has 2 saturated heterocycles. The number of carbonyl (C=O) groups is 2. The van der Waals surface area contributed by atoms with Gasteiger partial charge in [0.05, 0.1) is 18.1 Å². The van der Waals surface area contributed by atoms with E-state index >= 15 is 0 Å². The second-order valence-corrected chi connectivity index (χ2v) is 9.14. The summed E-state index contributed by atoms with van der Waals surface area (Å²) in [6.07, 6.45) is 4.22. The number of hydrogen-bond donors (Lipinski definition) is 0. The summed E-state index contributed by atoms with van der Waals surface area (Å²) >= 11 is 6.40. The SMILES string of the molecule is CCOC(=O)Cc1ccc(OC2CC3CC[C@@H](C2)N3C(=O)OC(C)(C)CC)c(Cl)c1. The third-order valence-corrected chi connectivity index (χ3v) is 6.35. The van der Waals surface area contributed by atoms with Crippen LogP contribution >= 0.6 is 11.6 Å². The fourth-order valence-corrected chi connectivity index (χ4v) is 4.44. The first-order valence-corrected chi connectivity index (χ1v) is 11.2. The van der Waals surface area contributed by atoms with Crippen molar-refractivity contribution < 1.29 is 23.8 Å². The van der Waals surface area contributed by atoms with E-state index in [0.29, 0.717) is 17.4 Å². The van der Waals surface area contributed by atoms with Crippen molar-refractivity contribution >= 4 is 23.7 Å². The molecule has 2 unspecified atom stereocenters. The van der Waals surface area contributed by atoms with Crippen LogP contribution in [0.25, 0.3) is 0 Å². The number of carbonyl (C=O) groups excluding carboxylic acids is 2. The van der Waals surface area contributed by atoms with Gasteiger partial charge in [-0.15, -0.1) is 0 Å². The van der Waals surface area contributed by atoms with Crippen molar-refractivity contribution in [1.29, 1.82) is 0 Å². The normalized spacial score (nSPS) is 23.2. The predicted octanol–water partition coefficient (Wildman–Crippen LogP) is 5.15. The van der Waals surface area contributed by atoms with Crippen molar-refractivity contribution in [1.82, 2.24) is 4.90 Å². The Morgan fingerprint density at radius 1 is 1.17 bits per heavy atom. The summed E-state index contributed by atoms with van der Waals surface area (Å²) in [6, 6.07) is 5.67. The third-order valence-electron chi connectivity index (χ3n) is 6.06. The Hall–Kier alpha value is -1.95. The molecule has 1 aromatic carbocycles. The van der Waals surface area contributed by atoms with E-state index in [2.05, 4.69) is 0 Å². The van der Waals surface area contributed by atoms with E-state index in [9.17, 15) is 9.59 Å². The molecule has 2 bridgehead atoms. The highest BCUT2D eigenvalue weighted by atomic mass is 35.5. The van der Waals surface area contributed by atoms with Crippen LogP contribution in [0.5, 0.6) is 5.75 Å². The lowest BCUT2D eigenvalue weighted by Crippen LogP contribution is -2.51. The van der Waals surface area contributed by atoms with Gasteiger partial charge in [-0.1, -0.05) is 24.6 Å². The first kappa shape index (κ1) is 22.7. The molecule has 0 aliphatic carbocycles. The van der Waals surface area contributed by atoms with Crippen LogP contribution in [-0.4, -0.2) is 47.4 Å². The Kier molecular flexibility index (Phi) is 7.17. The minimum Gasteiger partial charge on any atom is -0.489 e. The molecule has 30 heavy (non-hydrogen) atoms. The molecular formula is C23H32ClNO5. The molecule has 0 radical (unpaired) electrons. The van der Waals surface area contributed by atoms with Crippen LogP contribution < -0.4 is 4.74 Å². The summed E-state index contributed by atoms with van der Waals surface area (Å²) in [5, 5.41) is 0.482. The summed E-state index contributed by atoms with van der Waals surface area (Å²) < 4.78 is 16.9. The van der Waals surface area contributed by atoms with E-state index in [1.807, 2.05) is 37.8 Å². The average Bonchev–Trinajstić information content (AvgIpc) is 2.95. The Labute approximate surface area is 183 Å². The van der Waals surface area contributed by atoms with Crippen LogP contribution in [0, 0.1) is 0 Å². The summed E-state index contributed by atoms with van der Waals surface area (Å²) in [7, 11) is 0. The number of nitrogens with zero attached hydrogens (tertiary/aromatic N) is 1. The molecule has 7 heteroatoms. The maximum Gasteiger partial charge on any atom is 0.410 e. The quantitative estimate of drug-likeness (QED) is 0.552. The van der Waals surface area contributed by atoms with Gasteiger partial charge >= 0.3 is 12.1 Å². The van der Waals surface area contributed by atoms with Gasteiger partial charge in [-0.3, -0.25) is 4.79 Å². The lowest BCUT2D eigenvalue weighted by Gasteiger charge is -2.39. The van der Waals surface area contributed by atoms with Crippen LogP contribution in [-0.2, 0) is 20.7 Å². The molecule has 3 rings (SSSR count). The van der Waals surface area contributed by atoms with Gasteiger partial charge < -0.3 is 19.1 Å². The Morgan fingerprint density at radius 2 is 1.83 bits per heavy atom. The highest BCUT2D eigenvalue weighted by Crippen LogP contribution is 2.39. The molecule has 0 saturated carbocycles. The number of esters is 1. The summed E-state index contributed by atoms with van der Waals surface area (Å²) in [5.41, 5.74) is 0.338. The lowest BCUT2D eigenvalue weighted by molar-refractivity contribution is -0.142. The van der Waals surface area contributed by atoms with E-state index < -0.39 is 5.60 Å². The zero-order valence-electron chi connectivity index (χ0n) is 18.3. The van der Waals surface area contributed by atoms with E-state index in [-0.39, 0.29) is 36.7 Å². The zero-order chi connectivity index (χ0) is 21.9. The molecule has 0 spiro atoms. The van der Waals surface area contributed by atoms with Crippen molar-refractivity contribution in [2.75, 3.05) is 6.61 Å². The molecule has 2 aliphatic heterocycles. The second-order valence-electron chi connectivity index (χ2n) is 8.73. The predicted molar refractivity (Wildman–Crippen MR) is 115 cm³/mol. The average molecular weight is 438 g/mol. The fraction of sp³-hybridized carbons (Fsp3) is 0.652. The molecule has 0 N–H and O–H groups in total. The van der Waals surface area contributed by atoms with Crippen molar-refractivity contribution in [3.05, 3.63) is 28.8 Å². The van der Waals surface area contributed by atoms with E-state index in [1.54, 1.807) is 13.0 Å². The van der Waals surface area contributed by atoms with Gasteiger partial charge in [0.2, 0.25) is 0 Å². The van der Waals surface area contributed by atoms with Gasteiger partial charge in [0.25, 0.3) is 0 Å². The Balaban J connectivity index is 1.60. The first-order chi connectivity index (χ1) is 14.2. The molecule has 6 nitrogen and oxygen atoms in total. The van der Waals surface area contributed by atoms with Crippen molar-refractivity contribution in [3.8, 4) is 5.75 Å². The number of amides is 1. The molecule has 3 atom stereocenters. The fourth-order valence-electron chi connectivity index (χ4n) is 4.19. The molecule has 2 aliphatic rings. The van der Waals surface area contributed by atoms with E-state index in [1.165, 1.54) is 0 Å². The first-order valence-electron chi connectivity index (χ1n) is 10.8. The van der Waals surface area contributed by atoms with Gasteiger partial charge in [-0.25, -0.2) is 4.79 Å². The van der Waals surface area contributed by atoms with Crippen molar-refractivity contribution in [2.24, 2.45) is 0 Å². The minimum absolute atomic E-state index is 0.000794. The molecule has 1 aromatic rings. The molecule has 2 heterocycles. The number of benzene rings is 1. The summed E-state index contributed by atoms with van der Waals surface area (Å²) in [5.74, 6) is 0.334. The third kappa shape index (κ3) is 5.39. The van der Waals surface area contributed by atoms with Crippen LogP contribution in [0.4, 0.5) is 4.79 Å². The number of rotatable bonds is 7. The van der Waals surface area contributed by atoms with Gasteiger partial charge in [0.15, 0.2) is 0 Å². The van der Waals surface area contributed by atoms with Gasteiger partial charge in [0.1, 0.15) is 17.5 Å². The monoisotopic (exact) mass is 437 g/mol. The smallest absolute Gasteiger partial charge is 0.410 e. The Morgan fingerprint density at radius 3 is 2.40 bits per heavy atom.